The van der Waals surface area contributed by atoms with Gasteiger partial charge < -0.3 is 15.4 Å². The fourth-order valence-electron chi connectivity index (χ4n) is 1.64. The van der Waals surface area contributed by atoms with Crippen LogP contribution in [0.2, 0.25) is 0 Å². The summed E-state index contributed by atoms with van der Waals surface area (Å²) >= 11 is 0. The van der Waals surface area contributed by atoms with Gasteiger partial charge in [0.1, 0.15) is 12.3 Å². The lowest BCUT2D eigenvalue weighted by Gasteiger charge is -2.09. The van der Waals surface area contributed by atoms with Crippen molar-refractivity contribution >= 4 is 17.3 Å². The molecule has 1 aromatic carbocycles. The molecule has 0 amide bonds. The molecule has 7 nitrogen and oxygen atoms in total. The summed E-state index contributed by atoms with van der Waals surface area (Å²) in [4.78, 5) is 21.6. The van der Waals surface area contributed by atoms with Crippen molar-refractivity contribution in [3.63, 3.8) is 0 Å². The van der Waals surface area contributed by atoms with Gasteiger partial charge in [-0.2, -0.15) is 0 Å². The van der Waals surface area contributed by atoms with Crippen LogP contribution in [0.15, 0.2) is 30.9 Å². The quantitative estimate of drug-likeness (QED) is 0.237. The first kappa shape index (κ1) is 16.6. The molecular formula is C14H19N3O4. The molecule has 0 saturated carbocycles. The molecule has 1 aromatic rings. The molecule has 1 rings (SSSR count). The fraction of sp³-hybridized carbons (Fsp3) is 0.357. The minimum absolute atomic E-state index is 0.0244. The molecule has 0 atom stereocenters. The largest absolute Gasteiger partial charge is 0.458 e. The van der Waals surface area contributed by atoms with Crippen LogP contribution in [0.5, 0.6) is 0 Å². The van der Waals surface area contributed by atoms with Crippen LogP contribution in [-0.4, -0.2) is 30.5 Å². The highest BCUT2D eigenvalue weighted by Crippen LogP contribution is 2.25. The normalized spacial score (nSPS) is 9.95. The second-order valence-corrected chi connectivity index (χ2v) is 4.20. The lowest BCUT2D eigenvalue weighted by atomic mass is 10.2. The van der Waals surface area contributed by atoms with Gasteiger partial charge in [-0.3, -0.25) is 10.1 Å². The van der Waals surface area contributed by atoms with E-state index in [1.54, 1.807) is 12.1 Å². The Morgan fingerprint density at radius 1 is 1.48 bits per heavy atom. The topological polar surface area (TPSA) is 93.5 Å². The monoisotopic (exact) mass is 293 g/mol. The van der Waals surface area contributed by atoms with Crippen molar-refractivity contribution in [2.45, 2.75) is 13.5 Å². The van der Waals surface area contributed by atoms with Crippen LogP contribution in [0, 0.1) is 10.1 Å². The van der Waals surface area contributed by atoms with Gasteiger partial charge in [0.25, 0.3) is 5.69 Å². The standard InChI is InChI=1S/C14H19N3O4/c1-3-14(18)21-10-11-5-6-12(13(9-11)17(19)20)16-8-7-15-4-2/h3,5-6,9,15-16H,1,4,7-8,10H2,2H3. The van der Waals surface area contributed by atoms with E-state index < -0.39 is 10.9 Å². The Bertz CT molecular complexity index is 517. The number of rotatable bonds is 9. The number of ether oxygens (including phenoxy) is 1. The third kappa shape index (κ3) is 5.62. The molecule has 114 valence electrons. The molecule has 0 aliphatic carbocycles. The summed E-state index contributed by atoms with van der Waals surface area (Å²) < 4.78 is 4.85. The van der Waals surface area contributed by atoms with Crippen molar-refractivity contribution in [2.75, 3.05) is 25.0 Å². The molecule has 0 aliphatic rings. The summed E-state index contributed by atoms with van der Waals surface area (Å²) in [6.45, 7) is 7.39. The number of carbonyl (C=O) groups is 1. The van der Waals surface area contributed by atoms with E-state index in [9.17, 15) is 14.9 Å². The molecular weight excluding hydrogens is 274 g/mol. The summed E-state index contributed by atoms with van der Waals surface area (Å²) in [6, 6.07) is 4.69. The molecule has 0 aromatic heterocycles. The second kappa shape index (κ2) is 8.70. The van der Waals surface area contributed by atoms with E-state index in [4.69, 9.17) is 4.74 Å². The van der Waals surface area contributed by atoms with Crippen LogP contribution >= 0.6 is 0 Å². The van der Waals surface area contributed by atoms with E-state index in [1.807, 2.05) is 6.92 Å². The molecule has 0 spiro atoms. The molecule has 0 saturated heterocycles. The van der Waals surface area contributed by atoms with E-state index in [0.717, 1.165) is 12.6 Å². The van der Waals surface area contributed by atoms with Crippen molar-refractivity contribution in [1.82, 2.24) is 5.32 Å². The number of nitro groups is 1. The molecule has 2 N–H and O–H groups in total. The highest BCUT2D eigenvalue weighted by molar-refractivity contribution is 5.81. The number of benzene rings is 1. The number of anilines is 1. The number of hydrogen-bond donors (Lipinski definition) is 2. The first-order chi connectivity index (χ1) is 10.1. The summed E-state index contributed by atoms with van der Waals surface area (Å²) in [5.74, 6) is -0.564. The van der Waals surface area contributed by atoms with Gasteiger partial charge in [-0.05, 0) is 18.2 Å². The van der Waals surface area contributed by atoms with Gasteiger partial charge in [0, 0.05) is 25.2 Å². The number of nitro benzene ring substituents is 1. The molecule has 0 bridgehead atoms. The van der Waals surface area contributed by atoms with Crippen molar-refractivity contribution in [3.05, 3.63) is 46.5 Å². The predicted molar refractivity (Wildman–Crippen MR) is 80.1 cm³/mol. The fourth-order valence-corrected chi connectivity index (χ4v) is 1.64. The van der Waals surface area contributed by atoms with Crippen LogP contribution in [0.3, 0.4) is 0 Å². The minimum Gasteiger partial charge on any atom is -0.458 e. The number of likely N-dealkylation sites (N-methyl/N-ethyl adjacent to an activating group) is 1. The first-order valence-electron chi connectivity index (χ1n) is 6.59. The number of esters is 1. The third-order valence-corrected chi connectivity index (χ3v) is 2.67. The maximum atomic E-state index is 11.1. The van der Waals surface area contributed by atoms with E-state index >= 15 is 0 Å². The van der Waals surface area contributed by atoms with Crippen LogP contribution < -0.4 is 10.6 Å². The Morgan fingerprint density at radius 2 is 2.24 bits per heavy atom. The van der Waals surface area contributed by atoms with E-state index in [-0.39, 0.29) is 12.3 Å². The van der Waals surface area contributed by atoms with E-state index in [2.05, 4.69) is 17.2 Å². The average molecular weight is 293 g/mol. The van der Waals surface area contributed by atoms with Crippen molar-refractivity contribution in [3.8, 4) is 0 Å². The Hall–Kier alpha value is -2.41. The number of hydrogen-bond acceptors (Lipinski definition) is 6. The summed E-state index contributed by atoms with van der Waals surface area (Å²) in [6.07, 6.45) is 1.05. The zero-order chi connectivity index (χ0) is 15.7. The maximum Gasteiger partial charge on any atom is 0.330 e. The molecule has 7 heteroatoms. The van der Waals surface area contributed by atoms with Gasteiger partial charge in [-0.25, -0.2) is 4.79 Å². The van der Waals surface area contributed by atoms with Gasteiger partial charge >= 0.3 is 5.97 Å². The molecule has 0 radical (unpaired) electrons. The second-order valence-electron chi connectivity index (χ2n) is 4.20. The van der Waals surface area contributed by atoms with E-state index in [0.29, 0.717) is 24.3 Å². The lowest BCUT2D eigenvalue weighted by Crippen LogP contribution is -2.21. The van der Waals surface area contributed by atoms with Gasteiger partial charge in [-0.1, -0.05) is 19.6 Å². The van der Waals surface area contributed by atoms with E-state index in [1.165, 1.54) is 6.07 Å². The summed E-state index contributed by atoms with van der Waals surface area (Å²) in [5.41, 5.74) is 0.949. The summed E-state index contributed by atoms with van der Waals surface area (Å²) in [7, 11) is 0. The summed E-state index contributed by atoms with van der Waals surface area (Å²) in [5, 5.41) is 17.2. The zero-order valence-corrected chi connectivity index (χ0v) is 11.9. The van der Waals surface area contributed by atoms with Crippen molar-refractivity contribution in [2.24, 2.45) is 0 Å². The smallest absolute Gasteiger partial charge is 0.330 e. The Balaban J connectivity index is 2.74. The SMILES string of the molecule is C=CC(=O)OCc1ccc(NCCNCC)c([N+](=O)[O-])c1. The Kier molecular flexibility index (Phi) is 6.90. The van der Waals surface area contributed by atoms with Crippen LogP contribution in [-0.2, 0) is 16.1 Å². The lowest BCUT2D eigenvalue weighted by molar-refractivity contribution is -0.384. The third-order valence-electron chi connectivity index (χ3n) is 2.67. The number of nitrogens with one attached hydrogen (secondary N) is 2. The highest BCUT2D eigenvalue weighted by atomic mass is 16.6. The molecule has 0 fully saturated rings. The van der Waals surface area contributed by atoms with Gasteiger partial charge in [0.05, 0.1) is 4.92 Å². The van der Waals surface area contributed by atoms with Crippen LogP contribution in [0.25, 0.3) is 0 Å². The van der Waals surface area contributed by atoms with Gasteiger partial charge in [0.15, 0.2) is 0 Å². The molecule has 0 unspecified atom stereocenters. The van der Waals surface area contributed by atoms with Gasteiger partial charge in [0.2, 0.25) is 0 Å². The highest BCUT2D eigenvalue weighted by Gasteiger charge is 2.14. The molecule has 0 heterocycles. The molecule has 21 heavy (non-hydrogen) atoms. The van der Waals surface area contributed by atoms with Crippen LogP contribution in [0.1, 0.15) is 12.5 Å². The average Bonchev–Trinajstić information content (AvgIpc) is 2.49. The number of carbonyl (C=O) groups excluding carboxylic acids is 1. The zero-order valence-electron chi connectivity index (χ0n) is 11.9. The Labute approximate surface area is 123 Å². The maximum absolute atomic E-state index is 11.1. The number of nitrogens with zero attached hydrogens (tertiary/aromatic N) is 1. The van der Waals surface area contributed by atoms with Crippen molar-refractivity contribution < 1.29 is 14.5 Å². The van der Waals surface area contributed by atoms with Gasteiger partial charge in [-0.15, -0.1) is 0 Å². The van der Waals surface area contributed by atoms with Crippen LogP contribution in [0.4, 0.5) is 11.4 Å². The predicted octanol–water partition coefficient (Wildman–Crippen LogP) is 1.85. The Morgan fingerprint density at radius 3 is 2.86 bits per heavy atom. The minimum atomic E-state index is -0.564. The first-order valence-corrected chi connectivity index (χ1v) is 6.59. The van der Waals surface area contributed by atoms with Crippen molar-refractivity contribution in [1.29, 1.82) is 0 Å². The molecule has 0 aliphatic heterocycles.